The van der Waals surface area contributed by atoms with Crippen LogP contribution in [-0.4, -0.2) is 70.8 Å². The minimum absolute atomic E-state index is 0.0127. The van der Waals surface area contributed by atoms with E-state index in [1.54, 1.807) is 37.4 Å². The zero-order valence-electron chi connectivity index (χ0n) is 27.2. The van der Waals surface area contributed by atoms with Gasteiger partial charge < -0.3 is 18.9 Å². The standard InChI is InChI=1S/C34H40N6O6/c1-20-21(2)33(43)36(3)18-23(20)22-16-28(45-5)24(29(17-22)46-6)19-38-12-14-39(15-13-38)25-8-7-9-26-31(25)37(4)34(44)40(26)27-10-11-30(41)35-32(27)42/h7-9,16-18,27H,10-15,19H2,1-6H3,(H,35,41,42). The summed E-state index contributed by atoms with van der Waals surface area (Å²) in [6.45, 7) is 7.43. The second-order valence-corrected chi connectivity index (χ2v) is 12.2. The number of piperazine rings is 1. The topological polar surface area (TPSA) is 120 Å². The molecule has 242 valence electrons. The van der Waals surface area contributed by atoms with E-state index in [-0.39, 0.29) is 23.6 Å². The van der Waals surface area contributed by atoms with Crippen molar-refractivity contribution in [1.82, 2.24) is 23.9 Å². The summed E-state index contributed by atoms with van der Waals surface area (Å²) in [5.41, 5.74) is 6.56. The second kappa shape index (κ2) is 12.2. The van der Waals surface area contributed by atoms with Crippen molar-refractivity contribution in [2.75, 3.05) is 45.3 Å². The van der Waals surface area contributed by atoms with Crippen LogP contribution in [0.3, 0.4) is 0 Å². The molecule has 46 heavy (non-hydrogen) atoms. The number of anilines is 1. The number of fused-ring (bicyclic) bond motifs is 1. The summed E-state index contributed by atoms with van der Waals surface area (Å²) in [6.07, 6.45) is 2.35. The van der Waals surface area contributed by atoms with Crippen molar-refractivity contribution in [3.63, 3.8) is 0 Å². The van der Waals surface area contributed by atoms with Gasteiger partial charge in [0.1, 0.15) is 17.5 Å². The number of benzene rings is 2. The molecule has 0 aliphatic carbocycles. The zero-order valence-corrected chi connectivity index (χ0v) is 27.2. The number of nitrogens with one attached hydrogen (secondary N) is 1. The minimum Gasteiger partial charge on any atom is -0.496 e. The molecule has 4 aromatic rings. The molecule has 1 atom stereocenters. The number of methoxy groups -OCH3 is 2. The molecular formula is C34H40N6O6. The Labute approximate surface area is 266 Å². The van der Waals surface area contributed by atoms with E-state index in [1.807, 2.05) is 50.4 Å². The number of aryl methyl sites for hydroxylation is 2. The van der Waals surface area contributed by atoms with Crippen molar-refractivity contribution in [2.24, 2.45) is 14.1 Å². The summed E-state index contributed by atoms with van der Waals surface area (Å²) in [5, 5.41) is 2.38. The van der Waals surface area contributed by atoms with Gasteiger partial charge in [-0.1, -0.05) is 6.07 Å². The Bertz CT molecular complexity index is 1960. The fraction of sp³-hybridized carbons (Fsp3) is 0.412. The monoisotopic (exact) mass is 628 g/mol. The van der Waals surface area contributed by atoms with Crippen LogP contribution in [0.1, 0.15) is 35.6 Å². The summed E-state index contributed by atoms with van der Waals surface area (Å²) in [6, 6.07) is 9.08. The number of imide groups is 1. The van der Waals surface area contributed by atoms with Crippen molar-refractivity contribution in [2.45, 2.75) is 39.3 Å². The van der Waals surface area contributed by atoms with Crippen molar-refractivity contribution in [1.29, 1.82) is 0 Å². The van der Waals surface area contributed by atoms with E-state index >= 15 is 0 Å². The number of carbonyl (C=O) groups excluding carboxylic acids is 2. The number of imidazole rings is 1. The highest BCUT2D eigenvalue weighted by Gasteiger charge is 2.32. The number of pyridine rings is 1. The van der Waals surface area contributed by atoms with Crippen LogP contribution in [0, 0.1) is 13.8 Å². The van der Waals surface area contributed by atoms with E-state index in [2.05, 4.69) is 15.1 Å². The number of amides is 2. The summed E-state index contributed by atoms with van der Waals surface area (Å²) >= 11 is 0. The smallest absolute Gasteiger partial charge is 0.329 e. The maximum Gasteiger partial charge on any atom is 0.329 e. The van der Waals surface area contributed by atoms with Gasteiger partial charge in [0.25, 0.3) is 5.56 Å². The summed E-state index contributed by atoms with van der Waals surface area (Å²) < 4.78 is 16.5. The normalized spacial score (nSPS) is 17.4. The largest absolute Gasteiger partial charge is 0.496 e. The number of ether oxygens (including phenoxy) is 2. The number of para-hydroxylation sites is 1. The fourth-order valence-electron chi connectivity index (χ4n) is 6.84. The van der Waals surface area contributed by atoms with Gasteiger partial charge in [0.15, 0.2) is 0 Å². The van der Waals surface area contributed by atoms with Crippen molar-refractivity contribution in [3.8, 4) is 22.6 Å². The predicted octanol–water partition coefficient (Wildman–Crippen LogP) is 2.64. The van der Waals surface area contributed by atoms with Crippen LogP contribution in [0.5, 0.6) is 11.5 Å². The van der Waals surface area contributed by atoms with E-state index < -0.39 is 11.9 Å². The maximum atomic E-state index is 13.4. The first-order valence-corrected chi connectivity index (χ1v) is 15.5. The first kappa shape index (κ1) is 31.2. The molecule has 4 heterocycles. The maximum absolute atomic E-state index is 13.4. The molecule has 2 aliphatic heterocycles. The summed E-state index contributed by atoms with van der Waals surface area (Å²) in [7, 11) is 6.80. The molecule has 2 amide bonds. The molecule has 12 nitrogen and oxygen atoms in total. The van der Waals surface area contributed by atoms with E-state index in [0.29, 0.717) is 24.0 Å². The first-order valence-electron chi connectivity index (χ1n) is 15.5. The van der Waals surface area contributed by atoms with Crippen LogP contribution in [0.4, 0.5) is 5.69 Å². The van der Waals surface area contributed by atoms with Crippen molar-refractivity contribution < 1.29 is 19.1 Å². The number of piperidine rings is 1. The Morgan fingerprint density at radius 1 is 0.913 bits per heavy atom. The van der Waals surface area contributed by atoms with E-state index in [0.717, 1.165) is 71.1 Å². The molecule has 12 heteroatoms. The molecule has 0 bridgehead atoms. The Kier molecular flexibility index (Phi) is 8.24. The number of aromatic nitrogens is 3. The van der Waals surface area contributed by atoms with Crippen LogP contribution in [0.2, 0.25) is 0 Å². The van der Waals surface area contributed by atoms with E-state index in [1.165, 1.54) is 4.57 Å². The van der Waals surface area contributed by atoms with Crippen molar-refractivity contribution in [3.05, 3.63) is 74.1 Å². The lowest BCUT2D eigenvalue weighted by Gasteiger charge is -2.36. The average Bonchev–Trinajstić information content (AvgIpc) is 3.31. The summed E-state index contributed by atoms with van der Waals surface area (Å²) in [4.78, 5) is 54.9. The molecule has 6 rings (SSSR count). The third-order valence-electron chi connectivity index (χ3n) is 9.55. The number of hydrogen-bond acceptors (Lipinski definition) is 8. The molecule has 1 N–H and O–H groups in total. The number of carbonyl (C=O) groups is 2. The third kappa shape index (κ3) is 5.26. The van der Waals surface area contributed by atoms with Crippen molar-refractivity contribution >= 4 is 28.5 Å². The SMILES string of the molecule is COc1cc(-c2cn(C)c(=O)c(C)c2C)cc(OC)c1CN1CCN(c2cccc3c2n(C)c(=O)n3C2CCC(=O)NC2=O)CC1. The molecule has 2 aromatic heterocycles. The highest BCUT2D eigenvalue weighted by molar-refractivity contribution is 6.00. The second-order valence-electron chi connectivity index (χ2n) is 12.2. The Hall–Kier alpha value is -4.84. The molecule has 2 saturated heterocycles. The van der Waals surface area contributed by atoms with Crippen LogP contribution < -0.4 is 30.9 Å². The first-order chi connectivity index (χ1) is 22.0. The van der Waals surface area contributed by atoms with Crippen LogP contribution in [0.25, 0.3) is 22.2 Å². The lowest BCUT2D eigenvalue weighted by molar-refractivity contribution is -0.135. The molecule has 2 aliphatic rings. The van der Waals surface area contributed by atoms with Gasteiger partial charge in [-0.3, -0.25) is 33.7 Å². The van der Waals surface area contributed by atoms with Gasteiger partial charge in [0.2, 0.25) is 11.8 Å². The predicted molar refractivity (Wildman–Crippen MR) is 176 cm³/mol. The third-order valence-corrected chi connectivity index (χ3v) is 9.55. The highest BCUT2D eigenvalue weighted by Crippen LogP contribution is 2.38. The zero-order chi connectivity index (χ0) is 32.9. The lowest BCUT2D eigenvalue weighted by atomic mass is 9.97. The Morgan fingerprint density at radius 3 is 2.22 bits per heavy atom. The van der Waals surface area contributed by atoms with Crippen LogP contribution in [0.15, 0.2) is 46.1 Å². The van der Waals surface area contributed by atoms with Gasteiger partial charge >= 0.3 is 5.69 Å². The summed E-state index contributed by atoms with van der Waals surface area (Å²) in [5.74, 6) is 0.687. The molecule has 0 spiro atoms. The fourth-order valence-corrected chi connectivity index (χ4v) is 6.84. The number of rotatable bonds is 7. The van der Waals surface area contributed by atoms with E-state index in [9.17, 15) is 19.2 Å². The van der Waals surface area contributed by atoms with Crippen LogP contribution in [-0.2, 0) is 30.2 Å². The number of nitrogens with zero attached hydrogens (tertiary/aromatic N) is 5. The van der Waals surface area contributed by atoms with Gasteiger partial charge in [-0.15, -0.1) is 0 Å². The van der Waals surface area contributed by atoms with Gasteiger partial charge in [0.05, 0.1) is 36.5 Å². The molecular weight excluding hydrogens is 588 g/mol. The van der Waals surface area contributed by atoms with Gasteiger partial charge in [0, 0.05) is 70.6 Å². The highest BCUT2D eigenvalue weighted by atomic mass is 16.5. The van der Waals surface area contributed by atoms with Gasteiger partial charge in [-0.25, -0.2) is 4.79 Å². The Morgan fingerprint density at radius 2 is 1.59 bits per heavy atom. The molecule has 2 aromatic carbocycles. The van der Waals surface area contributed by atoms with E-state index in [4.69, 9.17) is 9.47 Å². The van der Waals surface area contributed by atoms with Gasteiger partial charge in [-0.2, -0.15) is 0 Å². The minimum atomic E-state index is -0.723. The quantitative estimate of drug-likeness (QED) is 0.311. The van der Waals surface area contributed by atoms with Crippen LogP contribution >= 0.6 is 0 Å². The molecule has 1 unspecified atom stereocenters. The molecule has 0 radical (unpaired) electrons. The Balaban J connectivity index is 1.24. The molecule has 2 fully saturated rings. The van der Waals surface area contributed by atoms with Gasteiger partial charge in [-0.05, 0) is 55.7 Å². The number of hydrogen-bond donors (Lipinski definition) is 1. The lowest BCUT2D eigenvalue weighted by Crippen LogP contribution is -2.46. The average molecular weight is 629 g/mol. The molecule has 0 saturated carbocycles.